The fourth-order valence-corrected chi connectivity index (χ4v) is 4.08. The summed E-state index contributed by atoms with van der Waals surface area (Å²) in [6.45, 7) is 1.64. The first-order valence-corrected chi connectivity index (χ1v) is 9.89. The number of anilines is 1. The van der Waals surface area contributed by atoms with Crippen LogP contribution in [0.3, 0.4) is 0 Å². The molecule has 2 aromatic carbocycles. The second kappa shape index (κ2) is 7.84. The number of nitrogens with zero attached hydrogens (tertiary/aromatic N) is 1. The minimum Gasteiger partial charge on any atom is -0.326 e. The number of para-hydroxylation sites is 1. The van der Waals surface area contributed by atoms with Gasteiger partial charge in [-0.05, 0) is 37.6 Å². The van der Waals surface area contributed by atoms with Crippen LogP contribution >= 0.6 is 11.3 Å². The molecule has 0 aliphatic rings. The van der Waals surface area contributed by atoms with Crippen molar-refractivity contribution >= 4 is 33.1 Å². The molecule has 0 aliphatic carbocycles. The van der Waals surface area contributed by atoms with Crippen molar-refractivity contribution in [2.75, 3.05) is 5.32 Å². The monoisotopic (exact) mass is 406 g/mol. The molecule has 7 nitrogen and oxygen atoms in total. The van der Waals surface area contributed by atoms with E-state index in [1.807, 2.05) is 48.5 Å². The van der Waals surface area contributed by atoms with Crippen LogP contribution < -0.4 is 16.6 Å². The van der Waals surface area contributed by atoms with Crippen LogP contribution in [0, 0.1) is 6.92 Å². The molecule has 0 saturated carbocycles. The highest BCUT2D eigenvalue weighted by molar-refractivity contribution is 7.21. The summed E-state index contributed by atoms with van der Waals surface area (Å²) in [7, 11) is 0. The predicted molar refractivity (Wildman–Crippen MR) is 114 cm³/mol. The lowest BCUT2D eigenvalue weighted by atomic mass is 10.1. The van der Waals surface area contributed by atoms with Crippen molar-refractivity contribution in [3.05, 3.63) is 80.6 Å². The van der Waals surface area contributed by atoms with E-state index in [0.717, 1.165) is 20.8 Å². The third-order valence-electron chi connectivity index (χ3n) is 4.54. The molecular formula is C21H18N4O3S. The number of carbonyl (C=O) groups excluding carboxylic acids is 1. The van der Waals surface area contributed by atoms with Gasteiger partial charge in [-0.15, -0.1) is 11.3 Å². The zero-order valence-corrected chi connectivity index (χ0v) is 16.4. The number of H-pyrrole nitrogens is 2. The Morgan fingerprint density at radius 3 is 2.72 bits per heavy atom. The molecule has 4 rings (SSSR count). The number of hydrogen-bond donors (Lipinski definition) is 3. The smallest absolute Gasteiger partial charge is 0.325 e. The van der Waals surface area contributed by atoms with E-state index >= 15 is 0 Å². The van der Waals surface area contributed by atoms with E-state index in [-0.39, 0.29) is 18.7 Å². The van der Waals surface area contributed by atoms with Crippen molar-refractivity contribution in [3.8, 4) is 10.6 Å². The first kappa shape index (κ1) is 18.8. The SMILES string of the molecule is Cc1[nH]c(=O)[nH]c(=O)c1CCC(=O)Nc1cccc(-c2nc3ccccc3s2)c1. The fraction of sp³-hybridized carbons (Fsp3) is 0.143. The molecule has 3 N–H and O–H groups in total. The van der Waals surface area contributed by atoms with Gasteiger partial charge in [0.1, 0.15) is 5.01 Å². The molecule has 0 bridgehead atoms. The molecule has 0 fully saturated rings. The van der Waals surface area contributed by atoms with Gasteiger partial charge in [0.25, 0.3) is 5.56 Å². The maximum absolute atomic E-state index is 12.4. The number of nitrogens with one attached hydrogen (secondary N) is 3. The van der Waals surface area contributed by atoms with Crippen molar-refractivity contribution in [1.29, 1.82) is 0 Å². The van der Waals surface area contributed by atoms with Gasteiger partial charge in [0.15, 0.2) is 0 Å². The van der Waals surface area contributed by atoms with Gasteiger partial charge >= 0.3 is 5.69 Å². The number of aromatic nitrogens is 3. The van der Waals surface area contributed by atoms with Gasteiger partial charge in [-0.2, -0.15) is 0 Å². The average molecular weight is 406 g/mol. The Morgan fingerprint density at radius 2 is 1.93 bits per heavy atom. The van der Waals surface area contributed by atoms with E-state index in [2.05, 4.69) is 20.3 Å². The lowest BCUT2D eigenvalue weighted by Gasteiger charge is -2.07. The molecular weight excluding hydrogens is 388 g/mol. The summed E-state index contributed by atoms with van der Waals surface area (Å²) in [4.78, 5) is 44.9. The van der Waals surface area contributed by atoms with Crippen molar-refractivity contribution < 1.29 is 4.79 Å². The largest absolute Gasteiger partial charge is 0.326 e. The van der Waals surface area contributed by atoms with E-state index in [4.69, 9.17) is 0 Å². The van der Waals surface area contributed by atoms with Crippen LogP contribution in [0.4, 0.5) is 5.69 Å². The highest BCUT2D eigenvalue weighted by Gasteiger charge is 2.11. The normalized spacial score (nSPS) is 10.9. The summed E-state index contributed by atoms with van der Waals surface area (Å²) in [6, 6.07) is 15.5. The van der Waals surface area contributed by atoms with Crippen LogP contribution in [0.25, 0.3) is 20.8 Å². The zero-order chi connectivity index (χ0) is 20.4. The fourth-order valence-electron chi connectivity index (χ4n) is 3.11. The van der Waals surface area contributed by atoms with Crippen molar-refractivity contribution in [2.45, 2.75) is 19.8 Å². The molecule has 0 aliphatic heterocycles. The predicted octanol–water partition coefficient (Wildman–Crippen LogP) is 3.22. The highest BCUT2D eigenvalue weighted by atomic mass is 32.1. The maximum Gasteiger partial charge on any atom is 0.325 e. The van der Waals surface area contributed by atoms with Gasteiger partial charge in [-0.1, -0.05) is 24.3 Å². The molecule has 146 valence electrons. The third-order valence-corrected chi connectivity index (χ3v) is 5.63. The quantitative estimate of drug-likeness (QED) is 0.473. The van der Waals surface area contributed by atoms with E-state index in [1.165, 1.54) is 0 Å². The number of aromatic amines is 2. The van der Waals surface area contributed by atoms with Gasteiger partial charge in [0.2, 0.25) is 5.91 Å². The number of aryl methyl sites for hydroxylation is 1. The molecule has 2 aromatic heterocycles. The summed E-state index contributed by atoms with van der Waals surface area (Å²) in [6.07, 6.45) is 0.364. The summed E-state index contributed by atoms with van der Waals surface area (Å²) in [5.74, 6) is -0.212. The van der Waals surface area contributed by atoms with E-state index in [1.54, 1.807) is 18.3 Å². The number of amides is 1. The molecule has 0 saturated heterocycles. The number of fused-ring (bicyclic) bond motifs is 1. The number of thiazole rings is 1. The number of carbonyl (C=O) groups is 1. The summed E-state index contributed by atoms with van der Waals surface area (Å²) in [5, 5.41) is 3.75. The Labute approximate surface area is 169 Å². The molecule has 1 amide bonds. The van der Waals surface area contributed by atoms with Gasteiger partial charge in [0.05, 0.1) is 10.2 Å². The molecule has 4 aromatic rings. The minimum absolute atomic E-state index is 0.126. The molecule has 0 spiro atoms. The lowest BCUT2D eigenvalue weighted by molar-refractivity contribution is -0.116. The topological polar surface area (TPSA) is 108 Å². The Morgan fingerprint density at radius 1 is 1.10 bits per heavy atom. The standard InChI is InChI=1S/C21H18N4O3S/c1-12-15(19(27)25-21(28)22-12)9-10-18(26)23-14-6-4-5-13(11-14)20-24-16-7-2-3-8-17(16)29-20/h2-8,11H,9-10H2,1H3,(H,23,26)(H2,22,25,27,28). The van der Waals surface area contributed by atoms with Crippen LogP contribution in [-0.4, -0.2) is 20.9 Å². The van der Waals surface area contributed by atoms with E-state index < -0.39 is 11.2 Å². The summed E-state index contributed by atoms with van der Waals surface area (Å²) < 4.78 is 1.11. The van der Waals surface area contributed by atoms with Gasteiger partial charge in [0, 0.05) is 28.9 Å². The van der Waals surface area contributed by atoms with Crippen molar-refractivity contribution in [3.63, 3.8) is 0 Å². The molecule has 0 radical (unpaired) electrons. The Kier molecular flexibility index (Phi) is 5.09. The van der Waals surface area contributed by atoms with Crippen LogP contribution in [0.15, 0.2) is 58.1 Å². The van der Waals surface area contributed by atoms with Crippen LogP contribution in [0.5, 0.6) is 0 Å². The molecule has 0 atom stereocenters. The number of benzene rings is 2. The van der Waals surface area contributed by atoms with Crippen LogP contribution in [-0.2, 0) is 11.2 Å². The van der Waals surface area contributed by atoms with Gasteiger partial charge in [-0.25, -0.2) is 9.78 Å². The summed E-state index contributed by atoms with van der Waals surface area (Å²) in [5.41, 5.74) is 2.41. The van der Waals surface area contributed by atoms with Crippen LogP contribution in [0.1, 0.15) is 17.7 Å². The Bertz CT molecular complexity index is 1290. The lowest BCUT2D eigenvalue weighted by Crippen LogP contribution is -2.27. The van der Waals surface area contributed by atoms with Gasteiger partial charge in [-0.3, -0.25) is 14.6 Å². The third kappa shape index (κ3) is 4.17. The second-order valence-electron chi connectivity index (χ2n) is 6.63. The average Bonchev–Trinajstić information content (AvgIpc) is 3.11. The molecule has 0 unspecified atom stereocenters. The number of hydrogen-bond acceptors (Lipinski definition) is 5. The molecule has 8 heteroatoms. The Hall–Kier alpha value is -3.52. The Balaban J connectivity index is 1.47. The van der Waals surface area contributed by atoms with Crippen molar-refractivity contribution in [1.82, 2.24) is 15.0 Å². The van der Waals surface area contributed by atoms with Crippen molar-refractivity contribution in [2.24, 2.45) is 0 Å². The first-order valence-electron chi connectivity index (χ1n) is 9.07. The molecule has 29 heavy (non-hydrogen) atoms. The van der Waals surface area contributed by atoms with E-state index in [0.29, 0.717) is 16.9 Å². The second-order valence-corrected chi connectivity index (χ2v) is 7.66. The summed E-state index contributed by atoms with van der Waals surface area (Å²) >= 11 is 1.60. The van der Waals surface area contributed by atoms with Crippen LogP contribution in [0.2, 0.25) is 0 Å². The minimum atomic E-state index is -0.549. The maximum atomic E-state index is 12.4. The van der Waals surface area contributed by atoms with Gasteiger partial charge < -0.3 is 10.3 Å². The zero-order valence-electron chi connectivity index (χ0n) is 15.6. The highest BCUT2D eigenvalue weighted by Crippen LogP contribution is 2.31. The number of rotatable bonds is 5. The molecule has 2 heterocycles. The van der Waals surface area contributed by atoms with E-state index in [9.17, 15) is 14.4 Å². The first-order chi connectivity index (χ1) is 14.0.